The first-order valence-corrected chi connectivity index (χ1v) is 4.70. The van der Waals surface area contributed by atoms with Gasteiger partial charge in [0.05, 0.1) is 6.61 Å². The van der Waals surface area contributed by atoms with E-state index in [1.165, 1.54) is 0 Å². The van der Waals surface area contributed by atoms with Crippen LogP contribution in [0.15, 0.2) is 0 Å². The molecule has 78 valence electrons. The lowest BCUT2D eigenvalue weighted by Crippen LogP contribution is -2.37. The fourth-order valence-corrected chi connectivity index (χ4v) is 0.867. The van der Waals surface area contributed by atoms with Gasteiger partial charge in [0, 0.05) is 25.0 Å². The smallest absolute Gasteiger partial charge is 0.221 e. The van der Waals surface area contributed by atoms with Gasteiger partial charge in [0.25, 0.3) is 0 Å². The van der Waals surface area contributed by atoms with Crippen LogP contribution in [0.3, 0.4) is 0 Å². The first-order valence-electron chi connectivity index (χ1n) is 4.70. The van der Waals surface area contributed by atoms with Crippen molar-refractivity contribution >= 4 is 5.91 Å². The van der Waals surface area contributed by atoms with Crippen LogP contribution in [-0.4, -0.2) is 36.2 Å². The third-order valence-electron chi connectivity index (χ3n) is 1.59. The van der Waals surface area contributed by atoms with Crippen LogP contribution in [0, 0.1) is 0 Å². The predicted octanol–water partition coefficient (Wildman–Crippen LogP) is -0.128. The Hall–Kier alpha value is -0.610. The van der Waals surface area contributed by atoms with Crippen LogP contribution in [-0.2, 0) is 4.79 Å². The van der Waals surface area contributed by atoms with Crippen LogP contribution < -0.4 is 10.6 Å². The normalized spacial score (nSPS) is 13.0. The zero-order chi connectivity index (χ0) is 10.3. The van der Waals surface area contributed by atoms with Crippen LogP contribution in [0.25, 0.3) is 0 Å². The second-order valence-electron chi connectivity index (χ2n) is 3.51. The quantitative estimate of drug-likeness (QED) is 0.544. The third-order valence-corrected chi connectivity index (χ3v) is 1.59. The molecule has 0 radical (unpaired) electrons. The highest BCUT2D eigenvalue weighted by molar-refractivity contribution is 5.76. The highest BCUT2D eigenvalue weighted by Gasteiger charge is 2.05. The summed E-state index contributed by atoms with van der Waals surface area (Å²) in [5.74, 6) is -0.0188. The third kappa shape index (κ3) is 7.74. The Labute approximate surface area is 79.7 Å². The number of aliphatic hydroxyl groups is 1. The highest BCUT2D eigenvalue weighted by Crippen LogP contribution is 1.84. The highest BCUT2D eigenvalue weighted by atomic mass is 16.3. The maximum atomic E-state index is 11.1. The predicted molar refractivity (Wildman–Crippen MR) is 52.4 cm³/mol. The van der Waals surface area contributed by atoms with Crippen molar-refractivity contribution < 1.29 is 9.90 Å². The first-order chi connectivity index (χ1) is 6.06. The number of rotatable bonds is 6. The van der Waals surface area contributed by atoms with Gasteiger partial charge in [-0.2, -0.15) is 0 Å². The largest absolute Gasteiger partial charge is 0.394 e. The molecule has 0 saturated heterocycles. The standard InChI is InChI=1S/C9H20N2O2/c1-7(2)10-5-4-9(13)11-8(3)6-12/h7-8,10,12H,4-6H2,1-3H3,(H,11,13). The summed E-state index contributed by atoms with van der Waals surface area (Å²) in [6.45, 7) is 6.52. The lowest BCUT2D eigenvalue weighted by molar-refractivity contribution is -0.121. The Balaban J connectivity index is 3.41. The summed E-state index contributed by atoms with van der Waals surface area (Å²) in [6.07, 6.45) is 0.461. The van der Waals surface area contributed by atoms with Crippen LogP contribution >= 0.6 is 0 Å². The van der Waals surface area contributed by atoms with Crippen molar-refractivity contribution in [3.05, 3.63) is 0 Å². The molecule has 0 heterocycles. The van der Waals surface area contributed by atoms with E-state index in [0.29, 0.717) is 19.0 Å². The number of carbonyl (C=O) groups excluding carboxylic acids is 1. The van der Waals surface area contributed by atoms with Crippen molar-refractivity contribution in [3.63, 3.8) is 0 Å². The van der Waals surface area contributed by atoms with Gasteiger partial charge < -0.3 is 15.7 Å². The second kappa shape index (κ2) is 6.86. The molecule has 0 aromatic heterocycles. The zero-order valence-corrected chi connectivity index (χ0v) is 8.63. The van der Waals surface area contributed by atoms with Crippen LogP contribution in [0.2, 0.25) is 0 Å². The number of carbonyl (C=O) groups is 1. The molecule has 0 aliphatic rings. The van der Waals surface area contributed by atoms with Crippen molar-refractivity contribution in [2.24, 2.45) is 0 Å². The molecular weight excluding hydrogens is 168 g/mol. The fourth-order valence-electron chi connectivity index (χ4n) is 0.867. The zero-order valence-electron chi connectivity index (χ0n) is 8.63. The van der Waals surface area contributed by atoms with Gasteiger partial charge in [-0.25, -0.2) is 0 Å². The number of amides is 1. The number of hydrogen-bond acceptors (Lipinski definition) is 3. The Morgan fingerprint density at radius 2 is 2.00 bits per heavy atom. The molecule has 0 aliphatic carbocycles. The lowest BCUT2D eigenvalue weighted by atomic mass is 10.3. The van der Waals surface area contributed by atoms with Crippen molar-refractivity contribution in [2.45, 2.75) is 39.3 Å². The maximum Gasteiger partial charge on any atom is 0.221 e. The Morgan fingerprint density at radius 1 is 1.38 bits per heavy atom. The molecule has 4 heteroatoms. The monoisotopic (exact) mass is 188 g/mol. The molecule has 0 aromatic carbocycles. The van der Waals surface area contributed by atoms with E-state index in [1.54, 1.807) is 6.92 Å². The summed E-state index contributed by atoms with van der Waals surface area (Å²) in [5.41, 5.74) is 0. The molecule has 0 fully saturated rings. The molecule has 1 atom stereocenters. The minimum Gasteiger partial charge on any atom is -0.394 e. The molecule has 0 rings (SSSR count). The molecule has 4 nitrogen and oxygen atoms in total. The molecular formula is C9H20N2O2. The van der Waals surface area contributed by atoms with Gasteiger partial charge in [0.1, 0.15) is 0 Å². The topological polar surface area (TPSA) is 61.4 Å². The average molecular weight is 188 g/mol. The SMILES string of the molecule is CC(C)NCCC(=O)NC(C)CO. The van der Waals surface area contributed by atoms with E-state index < -0.39 is 0 Å². The van der Waals surface area contributed by atoms with Crippen molar-refractivity contribution in [2.75, 3.05) is 13.2 Å². The van der Waals surface area contributed by atoms with E-state index in [4.69, 9.17) is 5.11 Å². The summed E-state index contributed by atoms with van der Waals surface area (Å²) in [7, 11) is 0. The molecule has 0 bridgehead atoms. The lowest BCUT2D eigenvalue weighted by Gasteiger charge is -2.11. The minimum atomic E-state index is -0.147. The minimum absolute atomic E-state index is 0.0106. The van der Waals surface area contributed by atoms with Crippen molar-refractivity contribution in [1.29, 1.82) is 0 Å². The van der Waals surface area contributed by atoms with Crippen LogP contribution in [0.5, 0.6) is 0 Å². The molecule has 1 unspecified atom stereocenters. The van der Waals surface area contributed by atoms with Gasteiger partial charge in [0.2, 0.25) is 5.91 Å². The summed E-state index contributed by atoms with van der Waals surface area (Å²) >= 11 is 0. The summed E-state index contributed by atoms with van der Waals surface area (Å²) in [4.78, 5) is 11.1. The van der Waals surface area contributed by atoms with E-state index in [2.05, 4.69) is 10.6 Å². The average Bonchev–Trinajstić information content (AvgIpc) is 2.03. The molecule has 13 heavy (non-hydrogen) atoms. The van der Waals surface area contributed by atoms with Crippen molar-refractivity contribution in [3.8, 4) is 0 Å². The summed E-state index contributed by atoms with van der Waals surface area (Å²) in [5, 5.41) is 14.5. The Morgan fingerprint density at radius 3 is 2.46 bits per heavy atom. The Kier molecular flexibility index (Phi) is 6.54. The second-order valence-corrected chi connectivity index (χ2v) is 3.51. The van der Waals surface area contributed by atoms with Gasteiger partial charge in [-0.05, 0) is 6.92 Å². The van der Waals surface area contributed by atoms with E-state index >= 15 is 0 Å². The van der Waals surface area contributed by atoms with E-state index in [0.717, 1.165) is 0 Å². The van der Waals surface area contributed by atoms with Gasteiger partial charge in [-0.15, -0.1) is 0 Å². The molecule has 0 aliphatic heterocycles. The van der Waals surface area contributed by atoms with E-state index in [1.807, 2.05) is 13.8 Å². The van der Waals surface area contributed by atoms with Crippen molar-refractivity contribution in [1.82, 2.24) is 10.6 Å². The van der Waals surface area contributed by atoms with E-state index in [-0.39, 0.29) is 18.6 Å². The van der Waals surface area contributed by atoms with Gasteiger partial charge in [-0.1, -0.05) is 13.8 Å². The summed E-state index contributed by atoms with van der Waals surface area (Å²) in [6, 6.07) is 0.259. The number of aliphatic hydroxyl groups excluding tert-OH is 1. The van der Waals surface area contributed by atoms with E-state index in [9.17, 15) is 4.79 Å². The van der Waals surface area contributed by atoms with Crippen LogP contribution in [0.4, 0.5) is 0 Å². The van der Waals surface area contributed by atoms with Gasteiger partial charge in [0.15, 0.2) is 0 Å². The van der Waals surface area contributed by atoms with Crippen LogP contribution in [0.1, 0.15) is 27.2 Å². The number of hydrogen-bond donors (Lipinski definition) is 3. The molecule has 1 amide bonds. The molecule has 3 N–H and O–H groups in total. The Bertz CT molecular complexity index is 149. The fraction of sp³-hybridized carbons (Fsp3) is 0.889. The molecule has 0 spiro atoms. The summed E-state index contributed by atoms with van der Waals surface area (Å²) < 4.78 is 0. The first kappa shape index (κ1) is 12.4. The maximum absolute atomic E-state index is 11.1. The number of nitrogens with one attached hydrogen (secondary N) is 2. The molecule has 0 aromatic rings. The molecule has 0 saturated carbocycles. The van der Waals surface area contributed by atoms with Gasteiger partial charge >= 0.3 is 0 Å². The van der Waals surface area contributed by atoms with Gasteiger partial charge in [-0.3, -0.25) is 4.79 Å².